The van der Waals surface area contributed by atoms with Crippen LogP contribution in [0.15, 0.2) is 97.1 Å². The van der Waals surface area contributed by atoms with Gasteiger partial charge in [-0.05, 0) is 102 Å². The minimum absolute atomic E-state index is 0.311. The fourth-order valence-electron chi connectivity index (χ4n) is 8.06. The SMILES string of the molecule is C[C@@H]1CC2C[C@H](C)CC(c3ccc(-c4cc(-c5cccc6ccccc56)nc(-c5ccc(C#N)cc5)n4)cc3)(C2)C1. The van der Waals surface area contributed by atoms with Crippen molar-refractivity contribution < 1.29 is 0 Å². The highest BCUT2D eigenvalue weighted by molar-refractivity contribution is 5.96. The molecule has 4 aromatic carbocycles. The van der Waals surface area contributed by atoms with Crippen molar-refractivity contribution in [2.75, 3.05) is 0 Å². The molecule has 7 rings (SSSR count). The van der Waals surface area contributed by atoms with Gasteiger partial charge in [0.1, 0.15) is 0 Å². The Hall–Kier alpha value is -4.29. The molecule has 0 radical (unpaired) electrons. The summed E-state index contributed by atoms with van der Waals surface area (Å²) < 4.78 is 0. The van der Waals surface area contributed by atoms with Crippen molar-refractivity contribution >= 4 is 10.8 Å². The summed E-state index contributed by atoms with van der Waals surface area (Å²) >= 11 is 0. The molecule has 2 aliphatic rings. The first kappa shape index (κ1) is 25.7. The summed E-state index contributed by atoms with van der Waals surface area (Å²) in [6.45, 7) is 4.90. The standard InChI is InChI=1S/C38H35N3/c1-25-18-28-19-26(2)22-38(21-25,23-28)32-16-14-30(15-17-32)35-20-36(34-9-5-7-29-6-3-4-8-33(29)34)41-37(40-35)31-12-10-27(24-39)11-13-31/h3-17,20,25-26,28H,18-19,21-23H2,1-2H3/t25-,26+,28?,38?. The third-order valence-electron chi connectivity index (χ3n) is 9.49. The minimum Gasteiger partial charge on any atom is -0.228 e. The fraction of sp³-hybridized carbons (Fsp3) is 0.289. The highest BCUT2D eigenvalue weighted by atomic mass is 14.9. The minimum atomic E-state index is 0.311. The van der Waals surface area contributed by atoms with Crippen molar-refractivity contribution in [1.82, 2.24) is 9.97 Å². The first-order chi connectivity index (χ1) is 20.0. The Balaban J connectivity index is 1.33. The summed E-state index contributed by atoms with van der Waals surface area (Å²) in [5.41, 5.74) is 7.36. The van der Waals surface area contributed by atoms with Crippen molar-refractivity contribution in [2.45, 2.75) is 51.4 Å². The van der Waals surface area contributed by atoms with E-state index in [1.807, 2.05) is 24.3 Å². The Kier molecular flexibility index (Phi) is 6.43. The lowest BCUT2D eigenvalue weighted by Gasteiger charge is -2.50. The molecule has 3 nitrogen and oxygen atoms in total. The predicted molar refractivity (Wildman–Crippen MR) is 167 cm³/mol. The number of rotatable bonds is 4. The Morgan fingerprint density at radius 2 is 1.37 bits per heavy atom. The summed E-state index contributed by atoms with van der Waals surface area (Å²) in [7, 11) is 0. The number of hydrogen-bond donors (Lipinski definition) is 0. The molecule has 0 spiro atoms. The smallest absolute Gasteiger partial charge is 0.160 e. The van der Waals surface area contributed by atoms with Gasteiger partial charge in [-0.2, -0.15) is 5.26 Å². The summed E-state index contributed by atoms with van der Waals surface area (Å²) in [5, 5.41) is 11.7. The van der Waals surface area contributed by atoms with Gasteiger partial charge in [0.25, 0.3) is 0 Å². The highest BCUT2D eigenvalue weighted by Crippen LogP contribution is 2.54. The molecule has 4 atom stereocenters. The van der Waals surface area contributed by atoms with Gasteiger partial charge >= 0.3 is 0 Å². The summed E-state index contributed by atoms with van der Waals surface area (Å²) in [6, 6.07) is 36.0. The molecule has 2 aliphatic carbocycles. The van der Waals surface area contributed by atoms with Crippen LogP contribution in [0, 0.1) is 29.1 Å². The lowest BCUT2D eigenvalue weighted by molar-refractivity contribution is 0.0780. The first-order valence-electron chi connectivity index (χ1n) is 15.0. The first-order valence-corrected chi connectivity index (χ1v) is 15.0. The number of aromatic nitrogens is 2. The van der Waals surface area contributed by atoms with E-state index in [-0.39, 0.29) is 0 Å². The van der Waals surface area contributed by atoms with Crippen LogP contribution in [0.25, 0.3) is 44.7 Å². The number of hydrogen-bond acceptors (Lipinski definition) is 3. The summed E-state index contributed by atoms with van der Waals surface area (Å²) in [5.74, 6) is 3.12. The van der Waals surface area contributed by atoms with Gasteiger partial charge in [-0.25, -0.2) is 9.97 Å². The average Bonchev–Trinajstić information content (AvgIpc) is 3.00. The molecule has 2 fully saturated rings. The van der Waals surface area contributed by atoms with Gasteiger partial charge in [-0.3, -0.25) is 0 Å². The molecule has 1 heterocycles. The van der Waals surface area contributed by atoms with Crippen LogP contribution in [0.1, 0.15) is 57.1 Å². The van der Waals surface area contributed by atoms with E-state index in [1.165, 1.54) is 48.4 Å². The molecular weight excluding hydrogens is 498 g/mol. The third kappa shape index (κ3) is 4.82. The van der Waals surface area contributed by atoms with E-state index < -0.39 is 0 Å². The Morgan fingerprint density at radius 1 is 0.707 bits per heavy atom. The largest absolute Gasteiger partial charge is 0.228 e. The van der Waals surface area contributed by atoms with E-state index in [4.69, 9.17) is 9.97 Å². The highest BCUT2D eigenvalue weighted by Gasteiger charge is 2.45. The lowest BCUT2D eigenvalue weighted by atomic mass is 9.54. The Morgan fingerprint density at radius 3 is 2.10 bits per heavy atom. The van der Waals surface area contributed by atoms with Gasteiger partial charge in [0.15, 0.2) is 5.82 Å². The van der Waals surface area contributed by atoms with Crippen LogP contribution >= 0.6 is 0 Å². The van der Waals surface area contributed by atoms with Crippen molar-refractivity contribution in [3.63, 3.8) is 0 Å². The third-order valence-corrected chi connectivity index (χ3v) is 9.49. The lowest BCUT2D eigenvalue weighted by Crippen LogP contribution is -2.42. The van der Waals surface area contributed by atoms with E-state index in [0.717, 1.165) is 45.8 Å². The summed E-state index contributed by atoms with van der Waals surface area (Å²) in [4.78, 5) is 10.1. The molecule has 0 aliphatic heterocycles. The van der Waals surface area contributed by atoms with E-state index in [0.29, 0.717) is 16.8 Å². The second kappa shape index (κ2) is 10.3. The van der Waals surface area contributed by atoms with E-state index in [9.17, 15) is 5.26 Å². The Labute approximate surface area is 242 Å². The maximum Gasteiger partial charge on any atom is 0.160 e. The van der Waals surface area contributed by atoms with Crippen LogP contribution in [-0.2, 0) is 5.41 Å². The van der Waals surface area contributed by atoms with Crippen molar-refractivity contribution in [3.8, 4) is 40.0 Å². The van der Waals surface area contributed by atoms with E-state index in [2.05, 4.69) is 92.7 Å². The molecule has 2 unspecified atom stereocenters. The van der Waals surface area contributed by atoms with Gasteiger partial charge in [0.05, 0.1) is 23.0 Å². The molecule has 5 aromatic rings. The predicted octanol–water partition coefficient (Wildman–Crippen LogP) is 9.61. The maximum absolute atomic E-state index is 9.30. The van der Waals surface area contributed by atoms with Gasteiger partial charge in [-0.15, -0.1) is 0 Å². The molecule has 0 amide bonds. The van der Waals surface area contributed by atoms with E-state index >= 15 is 0 Å². The molecule has 41 heavy (non-hydrogen) atoms. The van der Waals surface area contributed by atoms with Crippen LogP contribution in [0.4, 0.5) is 0 Å². The van der Waals surface area contributed by atoms with Crippen molar-refractivity contribution in [3.05, 3.63) is 108 Å². The quantitative estimate of drug-likeness (QED) is 0.231. The molecule has 202 valence electrons. The normalized spacial score (nSPS) is 23.7. The van der Waals surface area contributed by atoms with Gasteiger partial charge < -0.3 is 0 Å². The number of fused-ring (bicyclic) bond motifs is 3. The van der Waals surface area contributed by atoms with Gasteiger partial charge in [-0.1, -0.05) is 80.6 Å². The Bertz CT molecular complexity index is 1740. The van der Waals surface area contributed by atoms with Crippen LogP contribution in [0.5, 0.6) is 0 Å². The van der Waals surface area contributed by atoms with Crippen LogP contribution in [0.2, 0.25) is 0 Å². The van der Waals surface area contributed by atoms with E-state index in [1.54, 1.807) is 0 Å². The number of nitriles is 1. The number of benzene rings is 4. The van der Waals surface area contributed by atoms with Crippen molar-refractivity contribution in [1.29, 1.82) is 5.26 Å². The van der Waals surface area contributed by atoms with Gasteiger partial charge in [0, 0.05) is 16.7 Å². The molecule has 1 aromatic heterocycles. The maximum atomic E-state index is 9.30. The molecule has 0 N–H and O–H groups in total. The zero-order valence-corrected chi connectivity index (χ0v) is 23.8. The monoisotopic (exact) mass is 533 g/mol. The molecule has 2 saturated carbocycles. The molecule has 0 saturated heterocycles. The summed E-state index contributed by atoms with van der Waals surface area (Å²) in [6.07, 6.45) is 6.71. The second-order valence-corrected chi connectivity index (χ2v) is 12.7. The molecule has 3 heteroatoms. The van der Waals surface area contributed by atoms with Crippen molar-refractivity contribution in [2.24, 2.45) is 17.8 Å². The van der Waals surface area contributed by atoms with Crippen LogP contribution in [-0.4, -0.2) is 9.97 Å². The van der Waals surface area contributed by atoms with Crippen LogP contribution < -0.4 is 0 Å². The average molecular weight is 534 g/mol. The van der Waals surface area contributed by atoms with Crippen LogP contribution in [0.3, 0.4) is 0 Å². The zero-order valence-electron chi connectivity index (χ0n) is 23.8. The molecule has 2 bridgehead atoms. The molecular formula is C38H35N3. The van der Waals surface area contributed by atoms with Gasteiger partial charge in [0.2, 0.25) is 0 Å². The zero-order chi connectivity index (χ0) is 28.0. The second-order valence-electron chi connectivity index (χ2n) is 12.7. The topological polar surface area (TPSA) is 49.6 Å². The number of nitrogens with zero attached hydrogens (tertiary/aromatic N) is 3. The fourth-order valence-corrected chi connectivity index (χ4v) is 8.06.